The number of hydrogen-bond acceptors (Lipinski definition) is 2. The normalized spacial score (nSPS) is 16.6. The average Bonchev–Trinajstić information content (AvgIpc) is 2.50. The van der Waals surface area contributed by atoms with E-state index in [4.69, 9.17) is 4.42 Å². The zero-order valence-electron chi connectivity index (χ0n) is 9.24. The molecule has 2 nitrogen and oxygen atoms in total. The van der Waals surface area contributed by atoms with Gasteiger partial charge in [0.2, 0.25) is 0 Å². The summed E-state index contributed by atoms with van der Waals surface area (Å²) in [4.78, 5) is 4.52. The predicted molar refractivity (Wildman–Crippen MR) is 58.5 cm³/mol. The van der Waals surface area contributed by atoms with E-state index in [9.17, 15) is 0 Å². The van der Waals surface area contributed by atoms with Crippen LogP contribution in [0.25, 0.3) is 6.08 Å². The Morgan fingerprint density at radius 1 is 1.29 bits per heavy atom. The monoisotopic (exact) mass is 191 g/mol. The first kappa shape index (κ1) is 10.8. The summed E-state index contributed by atoms with van der Waals surface area (Å²) < 4.78 is 5.23. The number of nitrogens with zero attached hydrogens (tertiary/aromatic N) is 1. The van der Waals surface area contributed by atoms with Gasteiger partial charge in [0.05, 0.1) is 11.8 Å². The van der Waals surface area contributed by atoms with Crippen molar-refractivity contribution >= 4 is 6.08 Å². The Hall–Kier alpha value is -1.31. The molecule has 0 amide bonds. The van der Waals surface area contributed by atoms with Gasteiger partial charge in [-0.2, -0.15) is 0 Å². The molecule has 0 bridgehead atoms. The summed E-state index contributed by atoms with van der Waals surface area (Å²) in [6.45, 7) is 8.14. The van der Waals surface area contributed by atoms with Crippen molar-refractivity contribution in [1.82, 2.24) is 0 Å². The van der Waals surface area contributed by atoms with Crippen LogP contribution in [0.1, 0.15) is 27.7 Å². The maximum Gasteiger partial charge on any atom is 0.151 e. The molecule has 2 heteroatoms. The fraction of sp³-hybridized carbons (Fsp3) is 0.417. The molecule has 1 aromatic heterocycles. The largest absolute Gasteiger partial charge is 0.463 e. The van der Waals surface area contributed by atoms with Crippen molar-refractivity contribution in [3.05, 3.63) is 35.3 Å². The SMILES string of the molecule is CC.CC1(C)C=CC=c2occc2=N1. The number of rotatable bonds is 0. The predicted octanol–water partition coefficient (Wildman–Crippen LogP) is 2.05. The molecule has 1 aromatic rings. The smallest absolute Gasteiger partial charge is 0.151 e. The van der Waals surface area contributed by atoms with Gasteiger partial charge in [-0.15, -0.1) is 0 Å². The zero-order chi connectivity index (χ0) is 10.6. The quantitative estimate of drug-likeness (QED) is 0.616. The first-order valence-corrected chi connectivity index (χ1v) is 5.00. The van der Waals surface area contributed by atoms with E-state index in [-0.39, 0.29) is 5.54 Å². The minimum atomic E-state index is -0.119. The summed E-state index contributed by atoms with van der Waals surface area (Å²) in [5.41, 5.74) is 0.725. The van der Waals surface area contributed by atoms with E-state index >= 15 is 0 Å². The third kappa shape index (κ3) is 2.34. The van der Waals surface area contributed by atoms with Gasteiger partial charge in [0.25, 0.3) is 0 Å². The van der Waals surface area contributed by atoms with Crippen molar-refractivity contribution in [3.8, 4) is 0 Å². The van der Waals surface area contributed by atoms with Gasteiger partial charge in [0, 0.05) is 6.07 Å². The second kappa shape index (κ2) is 4.27. The van der Waals surface area contributed by atoms with E-state index in [0.29, 0.717) is 0 Å². The van der Waals surface area contributed by atoms with Crippen LogP contribution in [0.4, 0.5) is 0 Å². The molecule has 76 valence electrons. The molecule has 0 aromatic carbocycles. The Morgan fingerprint density at radius 3 is 2.71 bits per heavy atom. The third-order valence-electron chi connectivity index (χ3n) is 1.83. The average molecular weight is 191 g/mol. The lowest BCUT2D eigenvalue weighted by atomic mass is 10.1. The van der Waals surface area contributed by atoms with Gasteiger partial charge >= 0.3 is 0 Å². The van der Waals surface area contributed by atoms with Crippen LogP contribution in [0, 0.1) is 0 Å². The van der Waals surface area contributed by atoms with Gasteiger partial charge in [0.15, 0.2) is 5.42 Å². The molecule has 14 heavy (non-hydrogen) atoms. The topological polar surface area (TPSA) is 25.5 Å². The standard InChI is InChI=1S/C10H11NO.C2H6/c1-10(2)6-3-4-9-8(11-10)5-7-12-9;1-2/h3-7H,1-2H3;1-2H3. The van der Waals surface area contributed by atoms with Gasteiger partial charge in [-0.1, -0.05) is 26.0 Å². The number of fused-ring (bicyclic) bond motifs is 1. The third-order valence-corrected chi connectivity index (χ3v) is 1.83. The minimum absolute atomic E-state index is 0.119. The molecule has 0 saturated carbocycles. The molecule has 0 radical (unpaired) electrons. The summed E-state index contributed by atoms with van der Waals surface area (Å²) in [6, 6.07) is 1.89. The summed E-state index contributed by atoms with van der Waals surface area (Å²) in [6.07, 6.45) is 7.65. The first-order chi connectivity index (χ1) is 6.67. The highest BCUT2D eigenvalue weighted by molar-refractivity contribution is 5.36. The Bertz CT molecular complexity index is 423. The molecule has 0 atom stereocenters. The highest BCUT2D eigenvalue weighted by Gasteiger charge is 2.11. The van der Waals surface area contributed by atoms with Crippen LogP contribution in [0.3, 0.4) is 0 Å². The van der Waals surface area contributed by atoms with Crippen molar-refractivity contribution < 1.29 is 4.42 Å². The Kier molecular flexibility index (Phi) is 3.28. The van der Waals surface area contributed by atoms with Crippen molar-refractivity contribution in [3.63, 3.8) is 0 Å². The van der Waals surface area contributed by atoms with Gasteiger partial charge in [-0.25, -0.2) is 0 Å². The van der Waals surface area contributed by atoms with E-state index in [1.54, 1.807) is 6.26 Å². The summed E-state index contributed by atoms with van der Waals surface area (Å²) in [5.74, 6) is 0. The molecule has 2 rings (SSSR count). The fourth-order valence-electron chi connectivity index (χ4n) is 1.25. The molecule has 0 aliphatic carbocycles. The van der Waals surface area contributed by atoms with Crippen LogP contribution in [-0.4, -0.2) is 5.54 Å². The molecule has 2 heterocycles. The lowest BCUT2D eigenvalue weighted by molar-refractivity contribution is 0.526. The van der Waals surface area contributed by atoms with Crippen molar-refractivity contribution in [2.24, 2.45) is 4.99 Å². The second-order valence-corrected chi connectivity index (χ2v) is 3.46. The molecule has 1 aliphatic rings. The van der Waals surface area contributed by atoms with E-state index in [2.05, 4.69) is 24.9 Å². The highest BCUT2D eigenvalue weighted by Crippen LogP contribution is 2.10. The molecule has 0 spiro atoms. The Balaban J connectivity index is 0.000000461. The Labute approximate surface area is 84.7 Å². The van der Waals surface area contributed by atoms with Crippen LogP contribution >= 0.6 is 0 Å². The maximum absolute atomic E-state index is 5.23. The van der Waals surface area contributed by atoms with Crippen LogP contribution < -0.4 is 10.8 Å². The lowest BCUT2D eigenvalue weighted by Crippen LogP contribution is -2.24. The second-order valence-electron chi connectivity index (χ2n) is 3.46. The van der Waals surface area contributed by atoms with Crippen molar-refractivity contribution in [2.45, 2.75) is 33.2 Å². The number of hydrogen-bond donors (Lipinski definition) is 0. The van der Waals surface area contributed by atoms with Gasteiger partial charge in [-0.05, 0) is 19.9 Å². The van der Waals surface area contributed by atoms with Crippen LogP contribution in [0.5, 0.6) is 0 Å². The van der Waals surface area contributed by atoms with E-state index < -0.39 is 0 Å². The zero-order valence-corrected chi connectivity index (χ0v) is 9.24. The Morgan fingerprint density at radius 2 is 2.00 bits per heavy atom. The van der Waals surface area contributed by atoms with Crippen molar-refractivity contribution in [2.75, 3.05) is 0 Å². The van der Waals surface area contributed by atoms with Crippen LogP contribution in [-0.2, 0) is 0 Å². The molecule has 0 fully saturated rings. The van der Waals surface area contributed by atoms with Crippen LogP contribution in [0.2, 0.25) is 0 Å². The molecule has 0 unspecified atom stereocenters. The van der Waals surface area contributed by atoms with E-state index in [1.165, 1.54) is 0 Å². The molecule has 0 saturated heterocycles. The minimum Gasteiger partial charge on any atom is -0.463 e. The molecular weight excluding hydrogens is 174 g/mol. The number of allylic oxidation sites excluding steroid dienone is 1. The van der Waals surface area contributed by atoms with Crippen LogP contribution in [0.15, 0.2) is 33.9 Å². The van der Waals surface area contributed by atoms with Gasteiger partial charge < -0.3 is 4.42 Å². The summed E-state index contributed by atoms with van der Waals surface area (Å²) >= 11 is 0. The molecule has 1 aliphatic heterocycles. The van der Waals surface area contributed by atoms with E-state index in [0.717, 1.165) is 10.8 Å². The maximum atomic E-state index is 5.23. The molecule has 0 N–H and O–H groups in total. The highest BCUT2D eigenvalue weighted by atomic mass is 16.3. The van der Waals surface area contributed by atoms with Gasteiger partial charge in [0.1, 0.15) is 5.36 Å². The van der Waals surface area contributed by atoms with E-state index in [1.807, 2.05) is 32.1 Å². The number of furan rings is 1. The first-order valence-electron chi connectivity index (χ1n) is 5.00. The van der Waals surface area contributed by atoms with Gasteiger partial charge in [-0.3, -0.25) is 4.99 Å². The lowest BCUT2D eigenvalue weighted by Gasteiger charge is -2.11. The summed E-state index contributed by atoms with van der Waals surface area (Å²) in [5, 5.41) is 0.935. The summed E-state index contributed by atoms with van der Waals surface area (Å²) in [7, 11) is 0. The van der Waals surface area contributed by atoms with Crippen molar-refractivity contribution in [1.29, 1.82) is 0 Å². The fourth-order valence-corrected chi connectivity index (χ4v) is 1.25. The molecular formula is C12H17NO.